The molecule has 1 aliphatic heterocycles. The van der Waals surface area contributed by atoms with Crippen LogP contribution in [0.3, 0.4) is 0 Å². The van der Waals surface area contributed by atoms with Crippen molar-refractivity contribution in [3.05, 3.63) is 0 Å². The molecule has 2 aliphatic rings. The lowest BCUT2D eigenvalue weighted by Crippen LogP contribution is -2.50. The van der Waals surface area contributed by atoms with Gasteiger partial charge in [0.05, 0.1) is 0 Å². The largest absolute Gasteiger partial charge is 0.396 e. The zero-order chi connectivity index (χ0) is 13.9. The fraction of sp³-hybridized carbons (Fsp3) is 1.00. The van der Waals surface area contributed by atoms with Crippen molar-refractivity contribution in [3.63, 3.8) is 0 Å². The van der Waals surface area contributed by atoms with Crippen LogP contribution in [0.4, 0.5) is 0 Å². The lowest BCUT2D eigenvalue weighted by Gasteiger charge is -2.37. The van der Waals surface area contributed by atoms with Crippen molar-refractivity contribution in [3.8, 4) is 0 Å². The Bertz CT molecular complexity index is 268. The van der Waals surface area contributed by atoms with Gasteiger partial charge < -0.3 is 15.7 Å². The first-order valence-corrected chi connectivity index (χ1v) is 8.12. The highest BCUT2D eigenvalue weighted by atomic mass is 16.3. The third-order valence-electron chi connectivity index (χ3n) is 5.06. The van der Waals surface area contributed by atoms with E-state index >= 15 is 0 Å². The number of hydrogen-bond acceptors (Lipinski definition) is 3. The van der Waals surface area contributed by atoms with Crippen molar-refractivity contribution in [1.82, 2.24) is 10.6 Å². The van der Waals surface area contributed by atoms with E-state index in [4.69, 9.17) is 0 Å². The second kappa shape index (κ2) is 6.55. The van der Waals surface area contributed by atoms with Crippen LogP contribution in [-0.4, -0.2) is 36.4 Å². The van der Waals surface area contributed by atoms with E-state index < -0.39 is 0 Å². The fourth-order valence-corrected chi connectivity index (χ4v) is 3.91. The molecule has 0 aromatic rings. The third kappa shape index (κ3) is 3.93. The van der Waals surface area contributed by atoms with Gasteiger partial charge in [0.25, 0.3) is 0 Å². The number of nitrogens with one attached hydrogen (secondary N) is 2. The van der Waals surface area contributed by atoms with Gasteiger partial charge in [-0.15, -0.1) is 0 Å². The molecule has 4 atom stereocenters. The molecule has 2 fully saturated rings. The van der Waals surface area contributed by atoms with E-state index in [1.54, 1.807) is 0 Å². The summed E-state index contributed by atoms with van der Waals surface area (Å²) >= 11 is 0. The molecule has 0 aromatic carbocycles. The van der Waals surface area contributed by atoms with Crippen molar-refractivity contribution in [1.29, 1.82) is 0 Å². The Hall–Kier alpha value is -0.120. The molecular weight excluding hydrogens is 236 g/mol. The highest BCUT2D eigenvalue weighted by Gasteiger charge is 2.37. The van der Waals surface area contributed by atoms with Crippen LogP contribution in [0, 0.1) is 11.3 Å². The molecule has 3 nitrogen and oxygen atoms in total. The van der Waals surface area contributed by atoms with E-state index in [9.17, 15) is 5.11 Å². The minimum atomic E-state index is 0.221. The van der Waals surface area contributed by atoms with Crippen LogP contribution >= 0.6 is 0 Å². The summed E-state index contributed by atoms with van der Waals surface area (Å²) in [5, 5.41) is 16.9. The summed E-state index contributed by atoms with van der Waals surface area (Å²) in [6.07, 6.45) is 7.59. The maximum atomic E-state index is 9.30. The predicted octanol–water partition coefficient (Wildman–Crippen LogP) is 2.29. The molecule has 0 bridgehead atoms. The van der Waals surface area contributed by atoms with Crippen LogP contribution < -0.4 is 10.6 Å². The zero-order valence-electron chi connectivity index (χ0n) is 12.9. The van der Waals surface area contributed by atoms with Gasteiger partial charge in [0.15, 0.2) is 0 Å². The molecule has 0 spiro atoms. The van der Waals surface area contributed by atoms with Gasteiger partial charge in [-0.2, -0.15) is 0 Å². The fourth-order valence-electron chi connectivity index (χ4n) is 3.91. The van der Waals surface area contributed by atoms with E-state index in [0.29, 0.717) is 12.1 Å². The van der Waals surface area contributed by atoms with E-state index in [1.807, 2.05) is 0 Å². The van der Waals surface area contributed by atoms with E-state index in [0.717, 1.165) is 18.4 Å². The minimum absolute atomic E-state index is 0.221. The smallest absolute Gasteiger partial charge is 0.0446 e. The Morgan fingerprint density at radius 2 is 2.00 bits per heavy atom. The Morgan fingerprint density at radius 3 is 2.58 bits per heavy atom. The topological polar surface area (TPSA) is 44.3 Å². The SMILES string of the molecule is CC(C)(C)C(CCO)NC1CCCC1C1CCCN1. The summed E-state index contributed by atoms with van der Waals surface area (Å²) < 4.78 is 0. The number of aliphatic hydroxyl groups is 1. The summed E-state index contributed by atoms with van der Waals surface area (Å²) in [6.45, 7) is 8.32. The van der Waals surface area contributed by atoms with E-state index in [2.05, 4.69) is 31.4 Å². The van der Waals surface area contributed by atoms with Crippen molar-refractivity contribution in [2.45, 2.75) is 77.4 Å². The van der Waals surface area contributed by atoms with Gasteiger partial charge in [-0.05, 0) is 50.0 Å². The van der Waals surface area contributed by atoms with E-state index in [-0.39, 0.29) is 12.0 Å². The number of hydrogen-bond donors (Lipinski definition) is 3. The van der Waals surface area contributed by atoms with Gasteiger partial charge in [0, 0.05) is 24.7 Å². The molecule has 0 aromatic heterocycles. The van der Waals surface area contributed by atoms with Crippen LogP contribution in [0.2, 0.25) is 0 Å². The summed E-state index contributed by atoms with van der Waals surface area (Å²) in [6, 6.07) is 1.80. The quantitative estimate of drug-likeness (QED) is 0.717. The van der Waals surface area contributed by atoms with Crippen molar-refractivity contribution in [2.24, 2.45) is 11.3 Å². The van der Waals surface area contributed by atoms with Crippen molar-refractivity contribution < 1.29 is 5.11 Å². The van der Waals surface area contributed by atoms with Gasteiger partial charge in [0.2, 0.25) is 0 Å². The first-order valence-electron chi connectivity index (χ1n) is 8.12. The summed E-state index contributed by atoms with van der Waals surface area (Å²) in [5.41, 5.74) is 0.221. The lowest BCUT2D eigenvalue weighted by atomic mass is 9.83. The van der Waals surface area contributed by atoms with Crippen molar-refractivity contribution in [2.75, 3.05) is 13.2 Å². The average Bonchev–Trinajstić information content (AvgIpc) is 2.96. The molecule has 1 saturated heterocycles. The van der Waals surface area contributed by atoms with Crippen LogP contribution in [0.15, 0.2) is 0 Å². The average molecular weight is 268 g/mol. The molecular formula is C16H32N2O. The summed E-state index contributed by atoms with van der Waals surface area (Å²) in [5.74, 6) is 0.797. The second-order valence-electron chi connectivity index (χ2n) is 7.50. The molecule has 1 heterocycles. The van der Waals surface area contributed by atoms with Crippen LogP contribution in [0.1, 0.15) is 59.3 Å². The van der Waals surface area contributed by atoms with Crippen LogP contribution in [-0.2, 0) is 0 Å². The van der Waals surface area contributed by atoms with Gasteiger partial charge in [-0.3, -0.25) is 0 Å². The Balaban J connectivity index is 1.95. The molecule has 4 unspecified atom stereocenters. The lowest BCUT2D eigenvalue weighted by molar-refractivity contribution is 0.170. The molecule has 1 aliphatic carbocycles. The molecule has 112 valence electrons. The van der Waals surface area contributed by atoms with Gasteiger partial charge in [-0.25, -0.2) is 0 Å². The van der Waals surface area contributed by atoms with Crippen LogP contribution in [0.25, 0.3) is 0 Å². The maximum Gasteiger partial charge on any atom is 0.0446 e. The summed E-state index contributed by atoms with van der Waals surface area (Å²) in [4.78, 5) is 0. The molecule has 3 heteroatoms. The molecule has 1 saturated carbocycles. The van der Waals surface area contributed by atoms with Crippen LogP contribution in [0.5, 0.6) is 0 Å². The number of rotatable bonds is 5. The first kappa shape index (κ1) is 15.3. The molecule has 3 N–H and O–H groups in total. The highest BCUT2D eigenvalue weighted by molar-refractivity contribution is 4.95. The monoisotopic (exact) mass is 268 g/mol. The van der Waals surface area contributed by atoms with Gasteiger partial charge >= 0.3 is 0 Å². The minimum Gasteiger partial charge on any atom is -0.396 e. The molecule has 0 amide bonds. The predicted molar refractivity (Wildman–Crippen MR) is 80.2 cm³/mol. The zero-order valence-corrected chi connectivity index (χ0v) is 12.9. The normalized spacial score (nSPS) is 33.8. The second-order valence-corrected chi connectivity index (χ2v) is 7.50. The third-order valence-corrected chi connectivity index (χ3v) is 5.06. The Labute approximate surface area is 118 Å². The highest BCUT2D eigenvalue weighted by Crippen LogP contribution is 2.34. The standard InChI is InChI=1S/C16H32N2O/c1-16(2,3)15(9-11-19)18-14-7-4-6-12(14)13-8-5-10-17-13/h12-15,17-19H,4-11H2,1-3H3. The Morgan fingerprint density at radius 1 is 1.21 bits per heavy atom. The maximum absolute atomic E-state index is 9.30. The van der Waals surface area contributed by atoms with E-state index in [1.165, 1.54) is 38.6 Å². The van der Waals surface area contributed by atoms with Gasteiger partial charge in [0.1, 0.15) is 0 Å². The first-order chi connectivity index (χ1) is 9.02. The van der Waals surface area contributed by atoms with Gasteiger partial charge in [-0.1, -0.05) is 27.2 Å². The summed E-state index contributed by atoms with van der Waals surface area (Å²) in [7, 11) is 0. The molecule has 19 heavy (non-hydrogen) atoms. The molecule has 0 radical (unpaired) electrons. The molecule has 2 rings (SSSR count). The number of aliphatic hydroxyl groups excluding tert-OH is 1. The van der Waals surface area contributed by atoms with Crippen molar-refractivity contribution >= 4 is 0 Å². The Kier molecular flexibility index (Phi) is 5.27.